The zero-order valence-corrected chi connectivity index (χ0v) is 22.2. The van der Waals surface area contributed by atoms with E-state index in [1.54, 1.807) is 0 Å². The molecule has 4 heteroatoms. The number of rotatable bonds is 4. The summed E-state index contributed by atoms with van der Waals surface area (Å²) in [7, 11) is 0. The normalized spacial score (nSPS) is 22.7. The number of aliphatic hydroxyl groups is 1. The van der Waals surface area contributed by atoms with Gasteiger partial charge in [0.05, 0.1) is 5.60 Å². The Labute approximate surface area is 210 Å². The standard InChI is InChI=1S/C14H21N.C8H17NO.C8H17N/c1-12-5-7-13(8-6-12)14(11-15)9-3-2-4-10-14;9-7-8(10)5-3-1-2-4-6-8;9-7-8-5-3-1-2-4-6-8/h5-8H,2-4,9-11,15H2,1H3;10H,1-7,9H2;8H,1-7,9H2. The molecule has 0 bridgehead atoms. The quantitative estimate of drug-likeness (QED) is 0.397. The van der Waals surface area contributed by atoms with Crippen molar-refractivity contribution in [3.8, 4) is 0 Å². The van der Waals surface area contributed by atoms with Gasteiger partial charge in [-0.2, -0.15) is 0 Å². The van der Waals surface area contributed by atoms with Crippen LogP contribution in [0.25, 0.3) is 0 Å². The van der Waals surface area contributed by atoms with Crippen LogP contribution in [0.5, 0.6) is 0 Å². The number of hydrogen-bond acceptors (Lipinski definition) is 4. The monoisotopic (exact) mass is 473 g/mol. The van der Waals surface area contributed by atoms with Gasteiger partial charge in [-0.3, -0.25) is 0 Å². The molecular weight excluding hydrogens is 418 g/mol. The molecule has 0 atom stereocenters. The molecule has 0 spiro atoms. The summed E-state index contributed by atoms with van der Waals surface area (Å²) in [6.45, 7) is 4.29. The minimum absolute atomic E-state index is 0.284. The first-order valence-corrected chi connectivity index (χ1v) is 14.4. The van der Waals surface area contributed by atoms with Crippen molar-refractivity contribution in [3.05, 3.63) is 35.4 Å². The summed E-state index contributed by atoms with van der Waals surface area (Å²) in [4.78, 5) is 0. The molecule has 7 N–H and O–H groups in total. The Bertz CT molecular complexity index is 623. The Hall–Kier alpha value is -0.940. The lowest BCUT2D eigenvalue weighted by Gasteiger charge is -2.36. The zero-order valence-electron chi connectivity index (χ0n) is 22.2. The summed E-state index contributed by atoms with van der Waals surface area (Å²) in [6.07, 6.45) is 21.7. The van der Waals surface area contributed by atoms with E-state index in [1.807, 2.05) is 0 Å². The van der Waals surface area contributed by atoms with Crippen LogP contribution in [0.1, 0.15) is 120 Å². The minimum atomic E-state index is -0.517. The van der Waals surface area contributed by atoms with Crippen LogP contribution in [0.3, 0.4) is 0 Å². The van der Waals surface area contributed by atoms with Gasteiger partial charge in [0.1, 0.15) is 0 Å². The van der Waals surface area contributed by atoms with Gasteiger partial charge in [-0.1, -0.05) is 100 Å². The van der Waals surface area contributed by atoms with Crippen molar-refractivity contribution in [3.63, 3.8) is 0 Å². The molecule has 4 rings (SSSR count). The fourth-order valence-electron chi connectivity index (χ4n) is 5.94. The largest absolute Gasteiger partial charge is 0.389 e. The number of nitrogens with two attached hydrogens (primary N) is 3. The molecule has 3 fully saturated rings. The lowest BCUT2D eigenvalue weighted by atomic mass is 9.69. The maximum absolute atomic E-state index is 9.74. The summed E-state index contributed by atoms with van der Waals surface area (Å²) in [5.74, 6) is 0.854. The molecule has 0 aromatic heterocycles. The molecule has 3 saturated carbocycles. The predicted molar refractivity (Wildman–Crippen MR) is 147 cm³/mol. The van der Waals surface area contributed by atoms with Crippen molar-refractivity contribution in [2.75, 3.05) is 19.6 Å². The van der Waals surface area contributed by atoms with Crippen LogP contribution in [0, 0.1) is 12.8 Å². The molecular formula is C30H55N3O. The molecule has 0 heterocycles. The van der Waals surface area contributed by atoms with Crippen molar-refractivity contribution in [2.24, 2.45) is 23.1 Å². The zero-order chi connectivity index (χ0) is 24.7. The third kappa shape index (κ3) is 9.97. The van der Waals surface area contributed by atoms with Crippen LogP contribution in [0.2, 0.25) is 0 Å². The fourth-order valence-corrected chi connectivity index (χ4v) is 5.94. The van der Waals surface area contributed by atoms with Crippen LogP contribution < -0.4 is 17.2 Å². The van der Waals surface area contributed by atoms with E-state index in [0.717, 1.165) is 44.7 Å². The maximum Gasteiger partial charge on any atom is 0.0769 e. The van der Waals surface area contributed by atoms with Gasteiger partial charge in [0.2, 0.25) is 0 Å². The molecule has 196 valence electrons. The van der Waals surface area contributed by atoms with Crippen molar-refractivity contribution in [1.29, 1.82) is 0 Å². The molecule has 1 aromatic rings. The van der Waals surface area contributed by atoms with Crippen molar-refractivity contribution < 1.29 is 5.11 Å². The van der Waals surface area contributed by atoms with E-state index in [-0.39, 0.29) is 5.41 Å². The molecule has 0 aliphatic heterocycles. The SMILES string of the molecule is Cc1ccc(C2(CN)CCCCC2)cc1.NCC1(O)CCCCCC1.NCC1CCCCCC1. The second kappa shape index (κ2) is 15.9. The molecule has 1 aromatic carbocycles. The average Bonchev–Trinajstić information content (AvgIpc) is 3.29. The highest BCUT2D eigenvalue weighted by molar-refractivity contribution is 5.29. The minimum Gasteiger partial charge on any atom is -0.389 e. The van der Waals surface area contributed by atoms with Gasteiger partial charge in [0.15, 0.2) is 0 Å². The van der Waals surface area contributed by atoms with E-state index in [9.17, 15) is 5.11 Å². The van der Waals surface area contributed by atoms with Gasteiger partial charge in [0, 0.05) is 18.5 Å². The van der Waals surface area contributed by atoms with Gasteiger partial charge in [0.25, 0.3) is 0 Å². The third-order valence-corrected chi connectivity index (χ3v) is 8.59. The second-order valence-electron chi connectivity index (χ2n) is 11.3. The Morgan fingerprint density at radius 2 is 1.15 bits per heavy atom. The van der Waals surface area contributed by atoms with E-state index >= 15 is 0 Å². The summed E-state index contributed by atoms with van der Waals surface area (Å²) in [5, 5.41) is 9.74. The van der Waals surface area contributed by atoms with Crippen molar-refractivity contribution in [1.82, 2.24) is 0 Å². The third-order valence-electron chi connectivity index (χ3n) is 8.59. The smallest absolute Gasteiger partial charge is 0.0769 e. The summed E-state index contributed by atoms with van der Waals surface area (Å²) < 4.78 is 0. The number of hydrogen-bond donors (Lipinski definition) is 4. The molecule has 0 amide bonds. The van der Waals surface area contributed by atoms with Crippen LogP contribution >= 0.6 is 0 Å². The lowest BCUT2D eigenvalue weighted by molar-refractivity contribution is 0.0339. The maximum atomic E-state index is 9.74. The first-order valence-electron chi connectivity index (χ1n) is 14.4. The topological polar surface area (TPSA) is 98.3 Å². The van der Waals surface area contributed by atoms with Crippen LogP contribution in [-0.4, -0.2) is 30.3 Å². The summed E-state index contributed by atoms with van der Waals surface area (Å²) in [6, 6.07) is 8.96. The van der Waals surface area contributed by atoms with Gasteiger partial charge in [-0.25, -0.2) is 0 Å². The number of benzene rings is 1. The van der Waals surface area contributed by atoms with E-state index in [2.05, 4.69) is 31.2 Å². The van der Waals surface area contributed by atoms with Gasteiger partial charge < -0.3 is 22.3 Å². The van der Waals surface area contributed by atoms with E-state index < -0.39 is 5.60 Å². The average molecular weight is 474 g/mol. The molecule has 0 unspecified atom stereocenters. The van der Waals surface area contributed by atoms with Crippen LogP contribution in [0.15, 0.2) is 24.3 Å². The lowest BCUT2D eigenvalue weighted by Crippen LogP contribution is -2.37. The highest BCUT2D eigenvalue weighted by Crippen LogP contribution is 2.38. The van der Waals surface area contributed by atoms with Crippen LogP contribution in [-0.2, 0) is 5.41 Å². The molecule has 0 saturated heterocycles. The first kappa shape index (κ1) is 29.3. The molecule has 3 aliphatic carbocycles. The highest BCUT2D eigenvalue weighted by atomic mass is 16.3. The molecule has 0 radical (unpaired) electrons. The number of aryl methyl sites for hydroxylation is 1. The van der Waals surface area contributed by atoms with E-state index in [4.69, 9.17) is 17.2 Å². The Morgan fingerprint density at radius 1 is 0.676 bits per heavy atom. The van der Waals surface area contributed by atoms with Gasteiger partial charge in [-0.15, -0.1) is 0 Å². The Balaban J connectivity index is 0.000000189. The van der Waals surface area contributed by atoms with Crippen molar-refractivity contribution in [2.45, 2.75) is 127 Å². The highest BCUT2D eigenvalue weighted by Gasteiger charge is 2.32. The molecule has 4 nitrogen and oxygen atoms in total. The summed E-state index contributed by atoms with van der Waals surface area (Å²) in [5.41, 5.74) is 19.6. The van der Waals surface area contributed by atoms with Crippen LogP contribution in [0.4, 0.5) is 0 Å². The second-order valence-corrected chi connectivity index (χ2v) is 11.3. The van der Waals surface area contributed by atoms with Crippen molar-refractivity contribution >= 4 is 0 Å². The first-order chi connectivity index (χ1) is 16.5. The molecule has 3 aliphatic rings. The fraction of sp³-hybridized carbons (Fsp3) is 0.800. The Kier molecular flexibility index (Phi) is 13.7. The van der Waals surface area contributed by atoms with E-state index in [1.165, 1.54) is 94.6 Å². The Morgan fingerprint density at radius 3 is 1.62 bits per heavy atom. The predicted octanol–water partition coefficient (Wildman–Crippen LogP) is 6.10. The van der Waals surface area contributed by atoms with E-state index in [0.29, 0.717) is 6.54 Å². The van der Waals surface area contributed by atoms with Gasteiger partial charge >= 0.3 is 0 Å². The molecule has 34 heavy (non-hydrogen) atoms. The van der Waals surface area contributed by atoms with Gasteiger partial charge in [-0.05, 0) is 63.5 Å². The summed E-state index contributed by atoms with van der Waals surface area (Å²) >= 11 is 0.